The van der Waals surface area contributed by atoms with Crippen molar-refractivity contribution >= 4 is 17.7 Å². The molecule has 0 aromatic carbocycles. The van der Waals surface area contributed by atoms with Gasteiger partial charge in [-0.1, -0.05) is 0 Å². The second-order valence-electron chi connectivity index (χ2n) is 6.03. The number of nitrogens with zero attached hydrogens (tertiary/aromatic N) is 5. The molecule has 0 spiro atoms. The zero-order chi connectivity index (χ0) is 16.5. The van der Waals surface area contributed by atoms with Crippen LogP contribution in [0.2, 0.25) is 0 Å². The SMILES string of the molecule is Cc1cc2c(c(N3CCN(c4ncccn4)CC3)n1)C(=O)OCC2. The third-order valence-electron chi connectivity index (χ3n) is 4.43. The minimum Gasteiger partial charge on any atom is -0.462 e. The van der Waals surface area contributed by atoms with Gasteiger partial charge in [0.15, 0.2) is 0 Å². The summed E-state index contributed by atoms with van der Waals surface area (Å²) in [6, 6.07) is 3.81. The second-order valence-corrected chi connectivity index (χ2v) is 6.03. The molecule has 0 bridgehead atoms. The van der Waals surface area contributed by atoms with Crippen LogP contribution in [0.15, 0.2) is 24.5 Å². The first-order valence-corrected chi connectivity index (χ1v) is 8.17. The highest BCUT2D eigenvalue weighted by atomic mass is 16.5. The van der Waals surface area contributed by atoms with Gasteiger partial charge in [-0.15, -0.1) is 0 Å². The van der Waals surface area contributed by atoms with E-state index in [2.05, 4.69) is 24.8 Å². The molecule has 4 rings (SSSR count). The van der Waals surface area contributed by atoms with E-state index in [1.54, 1.807) is 12.4 Å². The monoisotopic (exact) mass is 325 g/mol. The van der Waals surface area contributed by atoms with Crippen molar-refractivity contribution in [3.05, 3.63) is 41.3 Å². The van der Waals surface area contributed by atoms with Crippen LogP contribution in [0.3, 0.4) is 0 Å². The van der Waals surface area contributed by atoms with Gasteiger partial charge in [-0.25, -0.2) is 19.7 Å². The lowest BCUT2D eigenvalue weighted by Crippen LogP contribution is -2.48. The van der Waals surface area contributed by atoms with E-state index < -0.39 is 0 Å². The predicted octanol–water partition coefficient (Wildman–Crippen LogP) is 1.22. The van der Waals surface area contributed by atoms with Crippen molar-refractivity contribution in [2.24, 2.45) is 0 Å². The summed E-state index contributed by atoms with van der Waals surface area (Å²) >= 11 is 0. The van der Waals surface area contributed by atoms with E-state index in [1.165, 1.54) is 0 Å². The Labute approximate surface area is 140 Å². The summed E-state index contributed by atoms with van der Waals surface area (Å²) in [5, 5.41) is 0. The molecule has 1 saturated heterocycles. The molecular weight excluding hydrogens is 306 g/mol. The summed E-state index contributed by atoms with van der Waals surface area (Å²) in [6.45, 7) is 5.56. The number of esters is 1. The maximum Gasteiger partial charge on any atom is 0.342 e. The largest absolute Gasteiger partial charge is 0.462 e. The first-order valence-electron chi connectivity index (χ1n) is 8.17. The highest BCUT2D eigenvalue weighted by Crippen LogP contribution is 2.28. The van der Waals surface area contributed by atoms with E-state index >= 15 is 0 Å². The number of carbonyl (C=O) groups excluding carboxylic acids is 1. The van der Waals surface area contributed by atoms with E-state index in [4.69, 9.17) is 4.74 Å². The number of ether oxygens (including phenoxy) is 1. The third-order valence-corrected chi connectivity index (χ3v) is 4.43. The molecule has 4 heterocycles. The second kappa shape index (κ2) is 6.07. The van der Waals surface area contributed by atoms with Gasteiger partial charge < -0.3 is 14.5 Å². The number of rotatable bonds is 2. The van der Waals surface area contributed by atoms with E-state index in [0.29, 0.717) is 12.2 Å². The number of anilines is 2. The van der Waals surface area contributed by atoms with Crippen molar-refractivity contribution in [3.8, 4) is 0 Å². The molecule has 24 heavy (non-hydrogen) atoms. The average molecular weight is 325 g/mol. The Kier molecular flexibility index (Phi) is 3.76. The number of cyclic esters (lactones) is 1. The van der Waals surface area contributed by atoms with Gasteiger partial charge in [0.1, 0.15) is 11.4 Å². The number of fused-ring (bicyclic) bond motifs is 1. The minimum absolute atomic E-state index is 0.257. The fourth-order valence-corrected chi connectivity index (χ4v) is 3.27. The number of carbonyl (C=O) groups is 1. The molecule has 0 N–H and O–H groups in total. The number of piperazine rings is 1. The predicted molar refractivity (Wildman–Crippen MR) is 89.4 cm³/mol. The van der Waals surface area contributed by atoms with E-state index in [9.17, 15) is 4.79 Å². The summed E-state index contributed by atoms with van der Waals surface area (Å²) in [7, 11) is 0. The Bertz CT molecular complexity index is 757. The number of hydrogen-bond acceptors (Lipinski definition) is 7. The van der Waals surface area contributed by atoms with E-state index in [0.717, 1.165) is 55.6 Å². The molecule has 2 aromatic heterocycles. The summed E-state index contributed by atoms with van der Waals surface area (Å²) in [6.07, 6.45) is 4.27. The van der Waals surface area contributed by atoms with Crippen LogP contribution in [-0.4, -0.2) is 53.7 Å². The van der Waals surface area contributed by atoms with Crippen molar-refractivity contribution in [2.75, 3.05) is 42.6 Å². The van der Waals surface area contributed by atoms with Crippen molar-refractivity contribution in [2.45, 2.75) is 13.3 Å². The van der Waals surface area contributed by atoms with E-state index in [1.807, 2.05) is 19.1 Å². The van der Waals surface area contributed by atoms with Gasteiger partial charge in [0.2, 0.25) is 5.95 Å². The molecule has 0 unspecified atom stereocenters. The molecular formula is C17H19N5O2. The molecule has 0 amide bonds. The standard InChI is InChI=1S/C17H19N5O2/c1-12-11-13-3-10-24-16(23)14(13)15(20-12)21-6-8-22(9-7-21)17-18-4-2-5-19-17/h2,4-5,11H,3,6-10H2,1H3. The fourth-order valence-electron chi connectivity index (χ4n) is 3.27. The Morgan fingerprint density at radius 3 is 2.54 bits per heavy atom. The fraction of sp³-hybridized carbons (Fsp3) is 0.412. The first kappa shape index (κ1) is 14.9. The van der Waals surface area contributed by atoms with Crippen molar-refractivity contribution in [3.63, 3.8) is 0 Å². The topological polar surface area (TPSA) is 71.5 Å². The molecule has 2 aliphatic rings. The van der Waals surface area contributed by atoms with Crippen LogP contribution in [0.5, 0.6) is 0 Å². The van der Waals surface area contributed by atoms with Gasteiger partial charge in [-0.05, 0) is 24.6 Å². The Morgan fingerprint density at radius 2 is 1.79 bits per heavy atom. The van der Waals surface area contributed by atoms with Gasteiger partial charge in [-0.3, -0.25) is 0 Å². The summed E-state index contributed by atoms with van der Waals surface area (Å²) in [5.74, 6) is 1.24. The van der Waals surface area contributed by atoms with Crippen LogP contribution in [0, 0.1) is 6.92 Å². The van der Waals surface area contributed by atoms with Crippen LogP contribution in [0.25, 0.3) is 0 Å². The number of aryl methyl sites for hydroxylation is 1. The maximum atomic E-state index is 12.2. The van der Waals surface area contributed by atoms with Crippen molar-refractivity contribution in [1.29, 1.82) is 0 Å². The molecule has 0 aliphatic carbocycles. The summed E-state index contributed by atoms with van der Waals surface area (Å²) in [5.41, 5.74) is 2.62. The lowest BCUT2D eigenvalue weighted by molar-refractivity contribution is 0.0480. The number of hydrogen-bond donors (Lipinski definition) is 0. The van der Waals surface area contributed by atoms with E-state index in [-0.39, 0.29) is 5.97 Å². The highest BCUT2D eigenvalue weighted by molar-refractivity contribution is 5.97. The molecule has 0 saturated carbocycles. The van der Waals surface area contributed by atoms with Crippen LogP contribution >= 0.6 is 0 Å². The maximum absolute atomic E-state index is 12.2. The number of pyridine rings is 1. The van der Waals surface area contributed by atoms with Gasteiger partial charge in [0.25, 0.3) is 0 Å². The van der Waals surface area contributed by atoms with Gasteiger partial charge in [0, 0.05) is 50.7 Å². The molecule has 7 heteroatoms. The zero-order valence-corrected chi connectivity index (χ0v) is 13.6. The zero-order valence-electron chi connectivity index (χ0n) is 13.6. The lowest BCUT2D eigenvalue weighted by atomic mass is 10.0. The van der Waals surface area contributed by atoms with Crippen LogP contribution in [0.1, 0.15) is 21.6 Å². The van der Waals surface area contributed by atoms with Gasteiger partial charge in [0.05, 0.1) is 6.61 Å². The van der Waals surface area contributed by atoms with Crippen LogP contribution < -0.4 is 9.80 Å². The first-order chi connectivity index (χ1) is 11.7. The third kappa shape index (κ3) is 2.66. The van der Waals surface area contributed by atoms with Crippen molar-refractivity contribution < 1.29 is 9.53 Å². The molecule has 1 fully saturated rings. The van der Waals surface area contributed by atoms with Crippen LogP contribution in [0.4, 0.5) is 11.8 Å². The lowest BCUT2D eigenvalue weighted by Gasteiger charge is -2.36. The highest BCUT2D eigenvalue weighted by Gasteiger charge is 2.29. The summed E-state index contributed by atoms with van der Waals surface area (Å²) in [4.78, 5) is 29.8. The van der Waals surface area contributed by atoms with Gasteiger partial charge >= 0.3 is 5.97 Å². The Balaban J connectivity index is 1.58. The average Bonchev–Trinajstić information content (AvgIpc) is 2.62. The molecule has 2 aromatic rings. The Hall–Kier alpha value is -2.70. The molecule has 0 atom stereocenters. The summed E-state index contributed by atoms with van der Waals surface area (Å²) < 4.78 is 5.23. The van der Waals surface area contributed by atoms with Crippen molar-refractivity contribution in [1.82, 2.24) is 15.0 Å². The normalized spacial score (nSPS) is 17.5. The smallest absolute Gasteiger partial charge is 0.342 e. The molecule has 2 aliphatic heterocycles. The van der Waals surface area contributed by atoms with Gasteiger partial charge in [-0.2, -0.15) is 0 Å². The molecule has 0 radical (unpaired) electrons. The Morgan fingerprint density at radius 1 is 1.08 bits per heavy atom. The molecule has 7 nitrogen and oxygen atoms in total. The molecule has 124 valence electrons. The quantitative estimate of drug-likeness (QED) is 0.769. The number of aromatic nitrogens is 3. The van der Waals surface area contributed by atoms with Crippen LogP contribution in [-0.2, 0) is 11.2 Å². The minimum atomic E-state index is -0.257.